The summed E-state index contributed by atoms with van der Waals surface area (Å²) in [6.45, 7) is 4.99. The molecule has 2 aliphatic rings. The zero-order valence-corrected chi connectivity index (χ0v) is 15.7. The first-order valence-corrected chi connectivity index (χ1v) is 9.85. The van der Waals surface area contributed by atoms with Gasteiger partial charge >= 0.3 is 0 Å². The number of rotatable bonds is 7. The number of hydrogen-bond acceptors (Lipinski definition) is 3. The Hall–Kier alpha value is -1.88. The molecule has 5 heteroatoms. The lowest BCUT2D eigenvalue weighted by atomic mass is 9.95. The van der Waals surface area contributed by atoms with E-state index in [1.807, 2.05) is 42.2 Å². The van der Waals surface area contributed by atoms with Gasteiger partial charge in [0.05, 0.1) is 12.0 Å². The fraction of sp³-hybridized carbons (Fsp3) is 0.619. The van der Waals surface area contributed by atoms with Crippen LogP contribution in [0.25, 0.3) is 0 Å². The average Bonchev–Trinajstić information content (AvgIpc) is 3.08. The third kappa shape index (κ3) is 4.85. The van der Waals surface area contributed by atoms with Gasteiger partial charge in [0, 0.05) is 32.7 Å². The third-order valence-corrected chi connectivity index (χ3v) is 5.71. The van der Waals surface area contributed by atoms with Gasteiger partial charge in [0.1, 0.15) is 0 Å². The summed E-state index contributed by atoms with van der Waals surface area (Å²) in [5, 5.41) is 3.03. The van der Waals surface area contributed by atoms with Crippen molar-refractivity contribution < 1.29 is 14.3 Å². The molecule has 2 saturated heterocycles. The molecule has 0 saturated carbocycles. The van der Waals surface area contributed by atoms with Crippen molar-refractivity contribution in [2.75, 3.05) is 26.3 Å². The molecule has 1 N–H and O–H groups in total. The number of carbonyl (C=O) groups excluding carboxylic acids is 2. The first kappa shape index (κ1) is 18.9. The second-order valence-corrected chi connectivity index (χ2v) is 7.52. The molecule has 2 fully saturated rings. The first-order valence-electron chi connectivity index (χ1n) is 9.85. The van der Waals surface area contributed by atoms with Crippen molar-refractivity contribution in [3.8, 4) is 0 Å². The molecule has 26 heavy (non-hydrogen) atoms. The van der Waals surface area contributed by atoms with E-state index in [4.69, 9.17) is 4.74 Å². The Labute approximate surface area is 156 Å². The summed E-state index contributed by atoms with van der Waals surface area (Å²) in [5.41, 5.74) is 1.11. The highest BCUT2D eigenvalue weighted by molar-refractivity contribution is 5.89. The Balaban J connectivity index is 1.42. The van der Waals surface area contributed by atoms with Crippen molar-refractivity contribution in [3.05, 3.63) is 35.9 Å². The number of amides is 2. The van der Waals surface area contributed by atoms with Gasteiger partial charge in [-0.05, 0) is 44.1 Å². The molecule has 1 aromatic rings. The Morgan fingerprint density at radius 1 is 1.27 bits per heavy atom. The zero-order chi connectivity index (χ0) is 18.4. The molecule has 2 aliphatic heterocycles. The van der Waals surface area contributed by atoms with Crippen molar-refractivity contribution in [1.82, 2.24) is 10.2 Å². The van der Waals surface area contributed by atoms with E-state index in [0.717, 1.165) is 50.4 Å². The van der Waals surface area contributed by atoms with Gasteiger partial charge in [0.15, 0.2) is 0 Å². The Kier molecular flexibility index (Phi) is 6.67. The molecular formula is C21H30N2O3. The minimum absolute atomic E-state index is 0.00928. The highest BCUT2D eigenvalue weighted by Crippen LogP contribution is 2.28. The van der Waals surface area contributed by atoms with Crippen LogP contribution in [0.1, 0.15) is 50.6 Å². The minimum Gasteiger partial charge on any atom is -0.381 e. The van der Waals surface area contributed by atoms with Gasteiger partial charge in [0.25, 0.3) is 0 Å². The average molecular weight is 358 g/mol. The number of carbonyl (C=O) groups is 2. The number of likely N-dealkylation sites (tertiary alicyclic amines) is 1. The van der Waals surface area contributed by atoms with Crippen LogP contribution in [-0.4, -0.2) is 43.0 Å². The van der Waals surface area contributed by atoms with Crippen LogP contribution in [0.2, 0.25) is 0 Å². The summed E-state index contributed by atoms with van der Waals surface area (Å²) in [6, 6.07) is 10.0. The highest BCUT2D eigenvalue weighted by Gasteiger charge is 2.36. The van der Waals surface area contributed by atoms with Crippen LogP contribution < -0.4 is 5.32 Å². The number of nitrogens with one attached hydrogen (secondary N) is 1. The van der Waals surface area contributed by atoms with Crippen molar-refractivity contribution >= 4 is 11.8 Å². The molecule has 0 spiro atoms. The van der Waals surface area contributed by atoms with E-state index in [-0.39, 0.29) is 23.8 Å². The van der Waals surface area contributed by atoms with Crippen LogP contribution in [0.4, 0.5) is 0 Å². The van der Waals surface area contributed by atoms with Crippen LogP contribution >= 0.6 is 0 Å². The SMILES string of the molecule is CC(c1ccccc1)N1CC(C(=O)NCCCC2CCOCC2)CC1=O. The van der Waals surface area contributed by atoms with E-state index in [1.165, 1.54) is 0 Å². The molecule has 5 nitrogen and oxygen atoms in total. The molecular weight excluding hydrogens is 328 g/mol. The third-order valence-electron chi connectivity index (χ3n) is 5.71. The quantitative estimate of drug-likeness (QED) is 0.763. The highest BCUT2D eigenvalue weighted by atomic mass is 16.5. The molecule has 1 aromatic carbocycles. The lowest BCUT2D eigenvalue weighted by Gasteiger charge is -2.25. The van der Waals surface area contributed by atoms with Gasteiger partial charge in [0.2, 0.25) is 11.8 Å². The molecule has 2 atom stereocenters. The van der Waals surface area contributed by atoms with E-state index >= 15 is 0 Å². The van der Waals surface area contributed by atoms with E-state index in [0.29, 0.717) is 19.5 Å². The minimum atomic E-state index is -0.225. The van der Waals surface area contributed by atoms with Gasteiger partial charge in [-0.25, -0.2) is 0 Å². The number of benzene rings is 1. The molecule has 0 aliphatic carbocycles. The second kappa shape index (κ2) is 9.17. The Morgan fingerprint density at radius 3 is 2.73 bits per heavy atom. The molecule has 142 valence electrons. The largest absolute Gasteiger partial charge is 0.381 e. The van der Waals surface area contributed by atoms with Crippen molar-refractivity contribution in [3.63, 3.8) is 0 Å². The van der Waals surface area contributed by atoms with Crippen LogP contribution in [0.5, 0.6) is 0 Å². The fourth-order valence-corrected chi connectivity index (χ4v) is 3.97. The van der Waals surface area contributed by atoms with Gasteiger partial charge in [-0.1, -0.05) is 30.3 Å². The summed E-state index contributed by atoms with van der Waals surface area (Å²) < 4.78 is 5.38. The molecule has 0 aromatic heterocycles. The van der Waals surface area contributed by atoms with Crippen molar-refractivity contribution in [1.29, 1.82) is 0 Å². The summed E-state index contributed by atoms with van der Waals surface area (Å²) in [4.78, 5) is 26.6. The zero-order valence-electron chi connectivity index (χ0n) is 15.7. The maximum Gasteiger partial charge on any atom is 0.225 e. The Morgan fingerprint density at radius 2 is 2.00 bits per heavy atom. The maximum absolute atomic E-state index is 12.4. The lowest BCUT2D eigenvalue weighted by Crippen LogP contribution is -2.34. The van der Waals surface area contributed by atoms with Crippen LogP contribution in [0.3, 0.4) is 0 Å². The molecule has 0 bridgehead atoms. The predicted octanol–water partition coefficient (Wildman–Crippen LogP) is 2.92. The van der Waals surface area contributed by atoms with Crippen LogP contribution in [0.15, 0.2) is 30.3 Å². The van der Waals surface area contributed by atoms with Gasteiger partial charge < -0.3 is 15.0 Å². The Bertz CT molecular complexity index is 599. The summed E-state index contributed by atoms with van der Waals surface area (Å²) >= 11 is 0. The van der Waals surface area contributed by atoms with E-state index in [2.05, 4.69) is 5.32 Å². The van der Waals surface area contributed by atoms with E-state index in [9.17, 15) is 9.59 Å². The summed E-state index contributed by atoms with van der Waals surface area (Å²) in [6.07, 6.45) is 4.74. The number of nitrogens with zero attached hydrogens (tertiary/aromatic N) is 1. The van der Waals surface area contributed by atoms with Crippen molar-refractivity contribution in [2.24, 2.45) is 11.8 Å². The normalized spacial score (nSPS) is 22.4. The first-order chi connectivity index (χ1) is 12.6. The molecule has 3 rings (SSSR count). The standard InChI is InChI=1S/C21H30N2O3/c1-16(18-7-3-2-4-8-18)23-15-19(14-20(23)24)21(25)22-11-5-6-17-9-12-26-13-10-17/h2-4,7-8,16-17,19H,5-6,9-15H2,1H3,(H,22,25). The van der Waals surface area contributed by atoms with Gasteiger partial charge in [-0.2, -0.15) is 0 Å². The molecule has 0 radical (unpaired) electrons. The molecule has 2 heterocycles. The molecule has 2 amide bonds. The summed E-state index contributed by atoms with van der Waals surface area (Å²) in [5.74, 6) is 0.601. The lowest BCUT2D eigenvalue weighted by molar-refractivity contribution is -0.130. The molecule has 2 unspecified atom stereocenters. The summed E-state index contributed by atoms with van der Waals surface area (Å²) in [7, 11) is 0. The van der Waals surface area contributed by atoms with Crippen LogP contribution in [0, 0.1) is 11.8 Å². The smallest absolute Gasteiger partial charge is 0.225 e. The topological polar surface area (TPSA) is 58.6 Å². The fourth-order valence-electron chi connectivity index (χ4n) is 3.97. The van der Waals surface area contributed by atoms with Crippen LogP contribution in [-0.2, 0) is 14.3 Å². The monoisotopic (exact) mass is 358 g/mol. The number of ether oxygens (including phenoxy) is 1. The van der Waals surface area contributed by atoms with Gasteiger partial charge in [-0.15, -0.1) is 0 Å². The van der Waals surface area contributed by atoms with Gasteiger partial charge in [-0.3, -0.25) is 9.59 Å². The van der Waals surface area contributed by atoms with Crippen molar-refractivity contribution in [2.45, 2.75) is 45.1 Å². The van der Waals surface area contributed by atoms with E-state index in [1.54, 1.807) is 0 Å². The second-order valence-electron chi connectivity index (χ2n) is 7.52. The van der Waals surface area contributed by atoms with E-state index < -0.39 is 0 Å². The maximum atomic E-state index is 12.4. The number of hydrogen-bond donors (Lipinski definition) is 1. The predicted molar refractivity (Wildman–Crippen MR) is 100 cm³/mol.